The molecule has 1 aromatic rings. The number of carboxylic acid groups (broad SMARTS) is 1. The summed E-state index contributed by atoms with van der Waals surface area (Å²) in [6.07, 6.45) is -1.48. The number of carbonyl (C=O) groups is 3. The van der Waals surface area contributed by atoms with Gasteiger partial charge in [0.15, 0.2) is 10.6 Å². The number of aliphatic carboxylic acids is 1. The quantitative estimate of drug-likeness (QED) is 0.259. The topological polar surface area (TPSA) is 144 Å². The number of benzene rings is 1. The molecule has 1 aromatic carbocycles. The summed E-state index contributed by atoms with van der Waals surface area (Å²) in [4.78, 5) is 40.6. The number of aliphatic hydroxyl groups is 1. The van der Waals surface area contributed by atoms with Crippen LogP contribution in [-0.4, -0.2) is 44.3 Å². The molecule has 2 atom stereocenters. The molecule has 11 heteroatoms. The lowest BCUT2D eigenvalue weighted by Crippen LogP contribution is -2.18. The summed E-state index contributed by atoms with van der Waals surface area (Å²) < 4.78 is 4.89. The summed E-state index contributed by atoms with van der Waals surface area (Å²) in [6, 6.07) is 5.44. The fourth-order valence-electron chi connectivity index (χ4n) is 1.72. The average Bonchev–Trinajstić information content (AvgIpc) is 2.64. The van der Waals surface area contributed by atoms with Crippen molar-refractivity contribution in [2.24, 2.45) is 5.92 Å². The number of ether oxygens (including phenoxy) is 1. The van der Waals surface area contributed by atoms with E-state index in [0.29, 0.717) is 5.56 Å². The fourth-order valence-corrected chi connectivity index (χ4v) is 1.72. The molecule has 0 aliphatic rings. The van der Waals surface area contributed by atoms with E-state index in [0.717, 1.165) is 0 Å². The van der Waals surface area contributed by atoms with Gasteiger partial charge in [-0.05, 0) is 24.6 Å². The van der Waals surface area contributed by atoms with Crippen LogP contribution in [0.5, 0.6) is 0 Å². The van der Waals surface area contributed by atoms with E-state index in [9.17, 15) is 29.6 Å². The van der Waals surface area contributed by atoms with Gasteiger partial charge < -0.3 is 14.9 Å². The third-order valence-electron chi connectivity index (χ3n) is 3.34. The summed E-state index contributed by atoms with van der Waals surface area (Å²) >= 11 is 10.1. The van der Waals surface area contributed by atoms with Crippen molar-refractivity contribution in [3.8, 4) is 0 Å². The highest BCUT2D eigenvalue weighted by Crippen LogP contribution is 2.24. The number of carbonyl (C=O) groups excluding carboxylic acids is 2. The van der Waals surface area contributed by atoms with Crippen LogP contribution in [0.15, 0.2) is 24.3 Å². The van der Waals surface area contributed by atoms with Gasteiger partial charge in [0.25, 0.3) is 5.69 Å². The smallest absolute Gasteiger partial charge is 0.306 e. The molecule has 0 spiro atoms. The number of esters is 1. The number of non-ortho nitro benzene ring substituents is 1. The van der Waals surface area contributed by atoms with Gasteiger partial charge in [-0.15, -0.1) is 0 Å². The second kappa shape index (κ2) is 13.0. The number of hydrogen-bond acceptors (Lipinski definition) is 7. The van der Waals surface area contributed by atoms with E-state index in [4.69, 9.17) is 33.0 Å². The largest absolute Gasteiger partial charge is 0.481 e. The maximum absolute atomic E-state index is 11.3. The van der Waals surface area contributed by atoms with Crippen LogP contribution in [0.3, 0.4) is 0 Å². The Hall–Kier alpha value is -2.23. The number of nitro groups is 1. The number of hydrogen-bond donors (Lipinski definition) is 2. The monoisotopic (exact) mass is 437 g/mol. The van der Waals surface area contributed by atoms with Crippen LogP contribution in [0.1, 0.15) is 38.4 Å². The normalized spacial score (nSPS) is 12.4. The van der Waals surface area contributed by atoms with Gasteiger partial charge in [-0.3, -0.25) is 24.5 Å². The van der Waals surface area contributed by atoms with Crippen LogP contribution in [0.2, 0.25) is 0 Å². The molecule has 0 radical (unpaired) electrons. The molecule has 28 heavy (non-hydrogen) atoms. The number of nitro benzene ring substituents is 1. The lowest BCUT2D eigenvalue weighted by molar-refractivity contribution is -0.384. The van der Waals surface area contributed by atoms with Crippen molar-refractivity contribution in [1.29, 1.82) is 0 Å². The second-order valence-electron chi connectivity index (χ2n) is 5.76. The van der Waals surface area contributed by atoms with Crippen LogP contribution in [0.4, 0.5) is 5.69 Å². The first-order chi connectivity index (χ1) is 13.0. The maximum atomic E-state index is 11.3. The minimum atomic E-state index is -1.09. The van der Waals surface area contributed by atoms with Gasteiger partial charge in [0.2, 0.25) is 0 Å². The molecular formula is C17H21Cl2NO8. The molecule has 2 unspecified atom stereocenters. The fraction of sp³-hybridized carbons (Fsp3) is 0.471. The van der Waals surface area contributed by atoms with Crippen molar-refractivity contribution in [3.63, 3.8) is 0 Å². The molecule has 0 heterocycles. The lowest BCUT2D eigenvalue weighted by atomic mass is 9.98. The Labute approximate surface area is 171 Å². The molecule has 0 bridgehead atoms. The first kappa shape index (κ1) is 25.8. The van der Waals surface area contributed by atoms with E-state index in [2.05, 4.69) is 0 Å². The minimum absolute atomic E-state index is 0.0728. The zero-order chi connectivity index (χ0) is 21.9. The third-order valence-corrected chi connectivity index (χ3v) is 3.96. The van der Waals surface area contributed by atoms with Gasteiger partial charge in [-0.2, -0.15) is 0 Å². The van der Waals surface area contributed by atoms with Crippen molar-refractivity contribution < 1.29 is 34.3 Å². The molecule has 0 saturated heterocycles. The number of Topliss-reactive ketones (excluding diaryl/α,β-unsaturated/α-hetero) is 1. The molecule has 0 amide bonds. The summed E-state index contributed by atoms with van der Waals surface area (Å²) in [6.45, 7) is 2.91. The van der Waals surface area contributed by atoms with Crippen LogP contribution < -0.4 is 0 Å². The molecule has 0 aromatic heterocycles. The van der Waals surface area contributed by atoms with E-state index in [-0.39, 0.29) is 30.9 Å². The van der Waals surface area contributed by atoms with Crippen LogP contribution >= 0.6 is 23.2 Å². The summed E-state index contributed by atoms with van der Waals surface area (Å²) in [5.74, 6) is -2.38. The first-order valence-electron chi connectivity index (χ1n) is 8.04. The highest BCUT2D eigenvalue weighted by Gasteiger charge is 2.19. The van der Waals surface area contributed by atoms with E-state index < -0.39 is 33.7 Å². The average molecular weight is 438 g/mol. The Morgan fingerprint density at radius 1 is 1.18 bits per heavy atom. The van der Waals surface area contributed by atoms with Crippen molar-refractivity contribution in [2.45, 2.75) is 37.6 Å². The highest BCUT2D eigenvalue weighted by atomic mass is 35.5. The number of carboxylic acids is 1. The van der Waals surface area contributed by atoms with E-state index in [1.165, 1.54) is 31.2 Å². The lowest BCUT2D eigenvalue weighted by Gasteiger charge is -2.19. The molecule has 0 aliphatic carbocycles. The van der Waals surface area contributed by atoms with Crippen molar-refractivity contribution in [1.82, 2.24) is 0 Å². The number of nitrogens with zero attached hydrogens (tertiary/aromatic N) is 1. The number of aliphatic hydroxyl groups excluding tert-OH is 1. The van der Waals surface area contributed by atoms with E-state index >= 15 is 0 Å². The number of rotatable bonds is 9. The number of halogens is 2. The third kappa shape index (κ3) is 10.8. The predicted molar refractivity (Wildman–Crippen MR) is 101 cm³/mol. The maximum Gasteiger partial charge on any atom is 0.306 e. The van der Waals surface area contributed by atoms with E-state index in [1.807, 2.05) is 0 Å². The molecule has 0 fully saturated rings. The second-order valence-corrected chi connectivity index (χ2v) is 6.86. The Balaban J connectivity index is 0.00000105. The number of ketones is 1. The first-order valence-corrected chi connectivity index (χ1v) is 8.91. The molecule has 156 valence electrons. The van der Waals surface area contributed by atoms with Gasteiger partial charge in [-0.1, -0.05) is 30.1 Å². The molecule has 2 N–H and O–H groups in total. The predicted octanol–water partition coefficient (Wildman–Crippen LogP) is 3.05. The van der Waals surface area contributed by atoms with Gasteiger partial charge in [0.05, 0.1) is 30.5 Å². The standard InChI is InChI=1S/C14H17NO7.C3H4Cl2O/c1-9(8-22-13(18)7-6-12(16)17)14(19)10-2-4-11(5-3-10)15(20)21;1-2(6)3(4)5/h2-5,9,14,19H,6-8H2,1H3,(H,16,17);3H,1H3. The molecule has 0 saturated carbocycles. The van der Waals surface area contributed by atoms with Crippen molar-refractivity contribution in [3.05, 3.63) is 39.9 Å². The van der Waals surface area contributed by atoms with Gasteiger partial charge >= 0.3 is 11.9 Å². The van der Waals surface area contributed by atoms with Crippen molar-refractivity contribution >= 4 is 46.6 Å². The zero-order valence-electron chi connectivity index (χ0n) is 15.2. The Morgan fingerprint density at radius 3 is 2.07 bits per heavy atom. The van der Waals surface area contributed by atoms with Crippen molar-refractivity contribution in [2.75, 3.05) is 6.61 Å². The minimum Gasteiger partial charge on any atom is -0.481 e. The van der Waals surface area contributed by atoms with Gasteiger partial charge in [0.1, 0.15) is 0 Å². The Morgan fingerprint density at radius 2 is 1.68 bits per heavy atom. The number of alkyl halides is 2. The molecule has 9 nitrogen and oxygen atoms in total. The Kier molecular flexibility index (Phi) is 12.0. The zero-order valence-corrected chi connectivity index (χ0v) is 16.7. The Bertz CT molecular complexity index is 678. The van der Waals surface area contributed by atoms with E-state index in [1.54, 1.807) is 6.92 Å². The van der Waals surface area contributed by atoms with Crippen LogP contribution in [0, 0.1) is 16.0 Å². The van der Waals surface area contributed by atoms with Crippen LogP contribution in [0.25, 0.3) is 0 Å². The summed E-state index contributed by atoms with van der Waals surface area (Å²) in [5, 5.41) is 29.1. The van der Waals surface area contributed by atoms with Gasteiger partial charge in [0, 0.05) is 18.1 Å². The van der Waals surface area contributed by atoms with Gasteiger partial charge in [-0.25, -0.2) is 0 Å². The molecule has 1 rings (SSSR count). The van der Waals surface area contributed by atoms with Crippen LogP contribution in [-0.2, 0) is 19.1 Å². The highest BCUT2D eigenvalue weighted by molar-refractivity contribution is 6.53. The summed E-state index contributed by atoms with van der Waals surface area (Å²) in [7, 11) is 0. The molecule has 0 aliphatic heterocycles. The summed E-state index contributed by atoms with van der Waals surface area (Å²) in [5.41, 5.74) is 0.392. The SMILES string of the molecule is CC(=O)C(Cl)Cl.CC(COC(=O)CCC(=O)O)C(O)c1ccc([N+](=O)[O-])cc1. The molecular weight excluding hydrogens is 417 g/mol.